The lowest BCUT2D eigenvalue weighted by molar-refractivity contribution is -0.111. The van der Waals surface area contributed by atoms with Gasteiger partial charge in [-0.2, -0.15) is 10.1 Å². The maximum atomic E-state index is 11.6. The monoisotopic (exact) mass is 403 g/mol. The van der Waals surface area contributed by atoms with E-state index < -0.39 is 0 Å². The fraction of sp³-hybridized carbons (Fsp3) is 0.273. The molecule has 0 atom stereocenters. The van der Waals surface area contributed by atoms with Crippen LogP contribution in [0.15, 0.2) is 49.3 Å². The maximum absolute atomic E-state index is 11.6. The van der Waals surface area contributed by atoms with Crippen LogP contribution >= 0.6 is 0 Å². The van der Waals surface area contributed by atoms with Gasteiger partial charge in [0, 0.05) is 41.9 Å². The first-order valence-corrected chi connectivity index (χ1v) is 9.94. The number of hydrogen-bond donors (Lipinski definition) is 2. The lowest BCUT2D eigenvalue weighted by Crippen LogP contribution is -2.36. The van der Waals surface area contributed by atoms with Crippen molar-refractivity contribution in [3.63, 3.8) is 0 Å². The van der Waals surface area contributed by atoms with Crippen molar-refractivity contribution in [3.05, 3.63) is 66.1 Å². The third kappa shape index (κ3) is 4.38. The molecule has 30 heavy (non-hydrogen) atoms. The predicted octanol–water partition coefficient (Wildman–Crippen LogP) is 3.35. The van der Waals surface area contributed by atoms with Crippen LogP contribution in [0, 0.1) is 13.8 Å². The van der Waals surface area contributed by atoms with E-state index >= 15 is 0 Å². The first kappa shape index (κ1) is 19.8. The SMILES string of the molecule is C=CC(=O)Nc1ccc(C)c(Nc2nccc(-n3cc(CN4CCC4)c(C)n3)n2)c1. The summed E-state index contributed by atoms with van der Waals surface area (Å²) < 4.78 is 1.80. The molecule has 154 valence electrons. The Morgan fingerprint density at radius 3 is 2.83 bits per heavy atom. The van der Waals surface area contributed by atoms with Crippen LogP contribution < -0.4 is 10.6 Å². The van der Waals surface area contributed by atoms with Gasteiger partial charge < -0.3 is 10.6 Å². The van der Waals surface area contributed by atoms with E-state index in [0.717, 1.165) is 36.6 Å². The molecule has 2 N–H and O–H groups in total. The van der Waals surface area contributed by atoms with Gasteiger partial charge in [0.15, 0.2) is 5.82 Å². The van der Waals surface area contributed by atoms with E-state index in [-0.39, 0.29) is 5.91 Å². The van der Waals surface area contributed by atoms with Crippen LogP contribution in [0.5, 0.6) is 0 Å². The number of nitrogens with one attached hydrogen (secondary N) is 2. The summed E-state index contributed by atoms with van der Waals surface area (Å²) in [6.07, 6.45) is 6.25. The third-order valence-corrected chi connectivity index (χ3v) is 5.16. The summed E-state index contributed by atoms with van der Waals surface area (Å²) >= 11 is 0. The number of carbonyl (C=O) groups excluding carboxylic acids is 1. The molecule has 4 rings (SSSR count). The standard InChI is InChI=1S/C22H25N7O/c1-4-21(30)24-18-7-6-15(2)19(12-18)25-22-23-9-8-20(26-22)29-14-17(16(3)27-29)13-28-10-5-11-28/h4,6-9,12,14H,1,5,10-11,13H2,2-3H3,(H,24,30)(H,23,25,26). The van der Waals surface area contributed by atoms with Gasteiger partial charge in [-0.25, -0.2) is 9.67 Å². The van der Waals surface area contributed by atoms with E-state index in [1.807, 2.05) is 44.3 Å². The van der Waals surface area contributed by atoms with Crippen molar-refractivity contribution in [1.29, 1.82) is 0 Å². The Morgan fingerprint density at radius 1 is 1.27 bits per heavy atom. The molecule has 8 heteroatoms. The maximum Gasteiger partial charge on any atom is 0.247 e. The first-order valence-electron chi connectivity index (χ1n) is 9.94. The van der Waals surface area contributed by atoms with Crippen molar-refractivity contribution < 1.29 is 4.79 Å². The van der Waals surface area contributed by atoms with Crippen LogP contribution in [0.1, 0.15) is 23.2 Å². The molecule has 1 aromatic carbocycles. The number of rotatable bonds is 7. The minimum absolute atomic E-state index is 0.258. The number of nitrogens with zero attached hydrogens (tertiary/aromatic N) is 5. The van der Waals surface area contributed by atoms with E-state index in [4.69, 9.17) is 0 Å². The van der Waals surface area contributed by atoms with E-state index in [0.29, 0.717) is 17.5 Å². The van der Waals surface area contributed by atoms with Gasteiger partial charge in [-0.1, -0.05) is 12.6 Å². The molecule has 0 saturated carbocycles. The molecule has 1 aliphatic rings. The Labute approximate surface area is 175 Å². The largest absolute Gasteiger partial charge is 0.324 e. The molecular weight excluding hydrogens is 378 g/mol. The van der Waals surface area contributed by atoms with Gasteiger partial charge in [-0.05, 0) is 57.1 Å². The van der Waals surface area contributed by atoms with Gasteiger partial charge >= 0.3 is 0 Å². The highest BCUT2D eigenvalue weighted by Crippen LogP contribution is 2.23. The molecule has 1 saturated heterocycles. The Bertz CT molecular complexity index is 1080. The Balaban J connectivity index is 1.54. The van der Waals surface area contributed by atoms with Crippen LogP contribution in [0.3, 0.4) is 0 Å². The smallest absolute Gasteiger partial charge is 0.247 e. The molecule has 0 unspecified atom stereocenters. The molecular formula is C22H25N7O. The van der Waals surface area contributed by atoms with Crippen molar-refractivity contribution in [3.8, 4) is 5.82 Å². The van der Waals surface area contributed by atoms with Crippen LogP contribution in [0.2, 0.25) is 0 Å². The van der Waals surface area contributed by atoms with E-state index in [1.54, 1.807) is 10.9 Å². The summed E-state index contributed by atoms with van der Waals surface area (Å²) in [5.41, 5.74) is 4.71. The van der Waals surface area contributed by atoms with E-state index in [9.17, 15) is 4.79 Å². The molecule has 1 aliphatic heterocycles. The lowest BCUT2D eigenvalue weighted by atomic mass is 10.1. The molecule has 0 bridgehead atoms. The molecule has 3 aromatic rings. The summed E-state index contributed by atoms with van der Waals surface area (Å²) in [7, 11) is 0. The minimum atomic E-state index is -0.258. The number of hydrogen-bond acceptors (Lipinski definition) is 6. The number of carbonyl (C=O) groups is 1. The molecule has 1 amide bonds. The first-order chi connectivity index (χ1) is 14.5. The van der Waals surface area contributed by atoms with Gasteiger partial charge in [0.05, 0.1) is 5.69 Å². The number of likely N-dealkylation sites (tertiary alicyclic amines) is 1. The summed E-state index contributed by atoms with van der Waals surface area (Å²) in [6, 6.07) is 7.43. The van der Waals surface area contributed by atoms with Crippen molar-refractivity contribution in [2.75, 3.05) is 23.7 Å². The van der Waals surface area contributed by atoms with Gasteiger partial charge in [-0.3, -0.25) is 9.69 Å². The topological polar surface area (TPSA) is 88.0 Å². The number of aryl methyl sites for hydroxylation is 2. The fourth-order valence-corrected chi connectivity index (χ4v) is 3.23. The zero-order chi connectivity index (χ0) is 21.1. The Hall–Kier alpha value is -3.52. The number of anilines is 3. The summed E-state index contributed by atoms with van der Waals surface area (Å²) in [5.74, 6) is 0.894. The van der Waals surface area contributed by atoms with Gasteiger partial charge in [0.2, 0.25) is 11.9 Å². The van der Waals surface area contributed by atoms with Crippen LogP contribution in [0.25, 0.3) is 5.82 Å². The average molecular weight is 403 g/mol. The number of aromatic nitrogens is 4. The van der Waals surface area contributed by atoms with Crippen LogP contribution in [0.4, 0.5) is 17.3 Å². The van der Waals surface area contributed by atoms with Crippen LogP contribution in [-0.4, -0.2) is 43.6 Å². The summed E-state index contributed by atoms with van der Waals surface area (Å²) in [4.78, 5) is 22.9. The highest BCUT2D eigenvalue weighted by atomic mass is 16.1. The Kier molecular flexibility index (Phi) is 5.58. The highest BCUT2D eigenvalue weighted by Gasteiger charge is 2.17. The van der Waals surface area contributed by atoms with E-state index in [2.05, 4.69) is 37.2 Å². The normalized spacial score (nSPS) is 13.5. The molecule has 8 nitrogen and oxygen atoms in total. The highest BCUT2D eigenvalue weighted by molar-refractivity contribution is 5.99. The number of benzene rings is 1. The quantitative estimate of drug-likeness (QED) is 0.588. The van der Waals surface area contributed by atoms with Crippen LogP contribution in [-0.2, 0) is 11.3 Å². The second kappa shape index (κ2) is 8.46. The van der Waals surface area contributed by atoms with Gasteiger partial charge in [-0.15, -0.1) is 0 Å². The zero-order valence-corrected chi connectivity index (χ0v) is 17.2. The number of amides is 1. The second-order valence-corrected chi connectivity index (χ2v) is 7.40. The van der Waals surface area contributed by atoms with Gasteiger partial charge in [0.1, 0.15) is 0 Å². The molecule has 0 spiro atoms. The van der Waals surface area contributed by atoms with E-state index in [1.165, 1.54) is 18.1 Å². The molecule has 0 radical (unpaired) electrons. The van der Waals surface area contributed by atoms with Crippen molar-refractivity contribution >= 4 is 23.2 Å². The molecule has 1 fully saturated rings. The van der Waals surface area contributed by atoms with Gasteiger partial charge in [0.25, 0.3) is 0 Å². The fourth-order valence-electron chi connectivity index (χ4n) is 3.23. The zero-order valence-electron chi connectivity index (χ0n) is 17.2. The minimum Gasteiger partial charge on any atom is -0.324 e. The van der Waals surface area contributed by atoms with Crippen molar-refractivity contribution in [2.45, 2.75) is 26.8 Å². The third-order valence-electron chi connectivity index (χ3n) is 5.16. The molecule has 2 aromatic heterocycles. The molecule has 0 aliphatic carbocycles. The van der Waals surface area contributed by atoms with Crippen molar-refractivity contribution in [1.82, 2.24) is 24.6 Å². The Morgan fingerprint density at radius 2 is 2.10 bits per heavy atom. The van der Waals surface area contributed by atoms with Crippen molar-refractivity contribution in [2.24, 2.45) is 0 Å². The summed E-state index contributed by atoms with van der Waals surface area (Å²) in [5, 5.41) is 10.6. The lowest BCUT2D eigenvalue weighted by Gasteiger charge is -2.30. The second-order valence-electron chi connectivity index (χ2n) is 7.40. The predicted molar refractivity (Wildman–Crippen MR) is 117 cm³/mol. The molecule has 3 heterocycles. The summed E-state index contributed by atoms with van der Waals surface area (Å²) in [6.45, 7) is 10.7. The average Bonchev–Trinajstić information content (AvgIpc) is 3.08.